The van der Waals surface area contributed by atoms with Gasteiger partial charge >= 0.3 is 0 Å². The molecule has 130 valence electrons. The van der Waals surface area contributed by atoms with Gasteiger partial charge in [-0.3, -0.25) is 20.2 Å². The highest BCUT2D eigenvalue weighted by molar-refractivity contribution is 5.75. The number of hydrogen-bond donors (Lipinski definition) is 0. The van der Waals surface area contributed by atoms with E-state index < -0.39 is 9.85 Å². The summed E-state index contributed by atoms with van der Waals surface area (Å²) in [5.74, 6) is 0. The van der Waals surface area contributed by atoms with Crippen molar-refractivity contribution in [2.45, 2.75) is 13.8 Å². The van der Waals surface area contributed by atoms with Gasteiger partial charge in [-0.15, -0.1) is 0 Å². The highest BCUT2D eigenvalue weighted by atomic mass is 16.6. The van der Waals surface area contributed by atoms with E-state index in [-0.39, 0.29) is 11.4 Å². The molecule has 0 saturated carbocycles. The van der Waals surface area contributed by atoms with Crippen LogP contribution in [-0.2, 0) is 0 Å². The normalized spacial score (nSPS) is 10.8. The third kappa shape index (κ3) is 4.41. The average Bonchev–Trinajstić information content (AvgIpc) is 2.61. The summed E-state index contributed by atoms with van der Waals surface area (Å²) in [6, 6.07) is 11.5. The van der Waals surface area contributed by atoms with E-state index in [9.17, 15) is 20.2 Å². The molecule has 7 heteroatoms. The van der Waals surface area contributed by atoms with Gasteiger partial charge in [0, 0.05) is 24.8 Å². The lowest BCUT2D eigenvalue weighted by molar-refractivity contribution is -0.394. The fraction of sp³-hybridized carbons (Fsp3) is 0.222. The molecule has 0 fully saturated rings. The van der Waals surface area contributed by atoms with Crippen LogP contribution in [0.4, 0.5) is 17.1 Å². The van der Waals surface area contributed by atoms with E-state index in [0.29, 0.717) is 5.56 Å². The molecule has 0 aliphatic rings. The molecule has 0 N–H and O–H groups in total. The van der Waals surface area contributed by atoms with Crippen LogP contribution in [-0.4, -0.2) is 22.9 Å². The lowest BCUT2D eigenvalue weighted by atomic mass is 10.1. The van der Waals surface area contributed by atoms with Crippen molar-refractivity contribution in [3.8, 4) is 0 Å². The molecule has 0 heterocycles. The third-order valence-electron chi connectivity index (χ3n) is 3.90. The van der Waals surface area contributed by atoms with Gasteiger partial charge < -0.3 is 4.90 Å². The molecule has 2 aromatic rings. The largest absolute Gasteiger partial charge is 0.372 e. The van der Waals surface area contributed by atoms with Crippen LogP contribution in [0.3, 0.4) is 0 Å². The molecular formula is C18H19N3O4. The smallest absolute Gasteiger partial charge is 0.283 e. The summed E-state index contributed by atoms with van der Waals surface area (Å²) in [6.45, 7) is 6.01. The second kappa shape index (κ2) is 8.05. The van der Waals surface area contributed by atoms with Crippen molar-refractivity contribution in [3.05, 3.63) is 73.8 Å². The molecule has 0 amide bonds. The number of hydrogen-bond acceptors (Lipinski definition) is 5. The molecule has 0 spiro atoms. The number of nitrogens with zero attached hydrogens (tertiary/aromatic N) is 3. The van der Waals surface area contributed by atoms with Gasteiger partial charge in [0.1, 0.15) is 0 Å². The summed E-state index contributed by atoms with van der Waals surface area (Å²) >= 11 is 0. The van der Waals surface area contributed by atoms with E-state index in [1.54, 1.807) is 12.2 Å². The van der Waals surface area contributed by atoms with E-state index in [0.717, 1.165) is 30.4 Å². The summed E-state index contributed by atoms with van der Waals surface area (Å²) < 4.78 is 0. The maximum atomic E-state index is 11.1. The van der Waals surface area contributed by atoms with Crippen molar-refractivity contribution in [3.63, 3.8) is 0 Å². The molecule has 2 aromatic carbocycles. The number of benzene rings is 2. The topological polar surface area (TPSA) is 89.5 Å². The van der Waals surface area contributed by atoms with E-state index in [2.05, 4.69) is 18.7 Å². The number of anilines is 1. The highest BCUT2D eigenvalue weighted by Gasteiger charge is 2.17. The first-order chi connectivity index (χ1) is 12.0. The molecule has 0 radical (unpaired) electrons. The molecule has 2 rings (SSSR count). The van der Waals surface area contributed by atoms with Crippen LogP contribution in [0, 0.1) is 20.2 Å². The van der Waals surface area contributed by atoms with Crippen LogP contribution in [0.15, 0.2) is 42.5 Å². The second-order valence-electron chi connectivity index (χ2n) is 5.35. The first-order valence-corrected chi connectivity index (χ1v) is 7.92. The van der Waals surface area contributed by atoms with Crippen LogP contribution in [0.2, 0.25) is 0 Å². The van der Waals surface area contributed by atoms with Gasteiger partial charge in [-0.2, -0.15) is 0 Å². The minimum Gasteiger partial charge on any atom is -0.372 e. The lowest BCUT2D eigenvalue weighted by Gasteiger charge is -2.20. The van der Waals surface area contributed by atoms with Crippen molar-refractivity contribution in [1.82, 2.24) is 0 Å². The zero-order valence-corrected chi connectivity index (χ0v) is 14.1. The standard InChI is InChI=1S/C18H19N3O4/c1-3-19(4-2)16-10-6-14(7-11-16)5-8-15-9-12-17(20(22)23)13-18(15)21(24)25/h5-13H,3-4H2,1-2H3. The summed E-state index contributed by atoms with van der Waals surface area (Å²) in [7, 11) is 0. The van der Waals surface area contributed by atoms with Crippen LogP contribution < -0.4 is 4.90 Å². The molecule has 0 atom stereocenters. The number of nitro groups is 2. The Bertz CT molecular complexity index is 796. The van der Waals surface area contributed by atoms with Gasteiger partial charge in [-0.1, -0.05) is 18.2 Å². The average molecular weight is 341 g/mol. The Kier molecular flexibility index (Phi) is 5.84. The Morgan fingerprint density at radius 3 is 2.08 bits per heavy atom. The molecule has 25 heavy (non-hydrogen) atoms. The summed E-state index contributed by atoms with van der Waals surface area (Å²) in [4.78, 5) is 22.9. The predicted molar refractivity (Wildman–Crippen MR) is 98.7 cm³/mol. The SMILES string of the molecule is CCN(CC)c1ccc(C=Cc2ccc([N+](=O)[O-])cc2[N+](=O)[O-])cc1. The quantitative estimate of drug-likeness (QED) is 0.419. The molecule has 0 unspecified atom stereocenters. The minimum atomic E-state index is -0.646. The summed E-state index contributed by atoms with van der Waals surface area (Å²) in [5, 5.41) is 21.9. The molecule has 0 aliphatic heterocycles. The van der Waals surface area contributed by atoms with Gasteiger partial charge in [-0.25, -0.2) is 0 Å². The van der Waals surface area contributed by atoms with Crippen molar-refractivity contribution >= 4 is 29.2 Å². The maximum absolute atomic E-state index is 11.1. The van der Waals surface area contributed by atoms with E-state index in [4.69, 9.17) is 0 Å². The minimum absolute atomic E-state index is 0.287. The Morgan fingerprint density at radius 1 is 0.920 bits per heavy atom. The molecule has 0 aromatic heterocycles. The zero-order valence-electron chi connectivity index (χ0n) is 14.1. The van der Waals surface area contributed by atoms with E-state index >= 15 is 0 Å². The predicted octanol–water partition coefficient (Wildman–Crippen LogP) is 4.52. The maximum Gasteiger partial charge on any atom is 0.283 e. The van der Waals surface area contributed by atoms with Crippen molar-refractivity contribution < 1.29 is 9.85 Å². The summed E-state index contributed by atoms with van der Waals surface area (Å²) in [5.41, 5.74) is 1.74. The molecular weight excluding hydrogens is 322 g/mol. The fourth-order valence-corrected chi connectivity index (χ4v) is 2.52. The Hall–Kier alpha value is -3.22. The van der Waals surface area contributed by atoms with E-state index in [1.807, 2.05) is 24.3 Å². The van der Waals surface area contributed by atoms with Crippen LogP contribution >= 0.6 is 0 Å². The van der Waals surface area contributed by atoms with Gasteiger partial charge in [0.15, 0.2) is 0 Å². The monoisotopic (exact) mass is 341 g/mol. The number of nitro benzene ring substituents is 2. The van der Waals surface area contributed by atoms with Crippen LogP contribution in [0.25, 0.3) is 12.2 Å². The van der Waals surface area contributed by atoms with Gasteiger partial charge in [0.05, 0.1) is 21.5 Å². The lowest BCUT2D eigenvalue weighted by Crippen LogP contribution is -2.21. The molecule has 7 nitrogen and oxygen atoms in total. The molecule has 0 aliphatic carbocycles. The first-order valence-electron chi connectivity index (χ1n) is 7.92. The first kappa shape index (κ1) is 18.1. The Labute approximate surface area is 145 Å². The van der Waals surface area contributed by atoms with E-state index in [1.165, 1.54) is 12.1 Å². The molecule has 0 bridgehead atoms. The van der Waals surface area contributed by atoms with Crippen molar-refractivity contribution in [2.24, 2.45) is 0 Å². The van der Waals surface area contributed by atoms with Gasteiger partial charge in [-0.05, 0) is 43.7 Å². The van der Waals surface area contributed by atoms with Crippen molar-refractivity contribution in [2.75, 3.05) is 18.0 Å². The molecule has 0 saturated heterocycles. The Balaban J connectivity index is 2.27. The van der Waals surface area contributed by atoms with Crippen molar-refractivity contribution in [1.29, 1.82) is 0 Å². The number of rotatable bonds is 7. The highest BCUT2D eigenvalue weighted by Crippen LogP contribution is 2.26. The van der Waals surface area contributed by atoms with Crippen LogP contribution in [0.1, 0.15) is 25.0 Å². The van der Waals surface area contributed by atoms with Gasteiger partial charge in [0.2, 0.25) is 0 Å². The van der Waals surface area contributed by atoms with Crippen LogP contribution in [0.5, 0.6) is 0 Å². The second-order valence-corrected chi connectivity index (χ2v) is 5.35. The Morgan fingerprint density at radius 2 is 1.56 bits per heavy atom. The number of non-ortho nitro benzene ring substituents is 1. The summed E-state index contributed by atoms with van der Waals surface area (Å²) in [6.07, 6.45) is 3.34. The third-order valence-corrected chi connectivity index (χ3v) is 3.90. The fourth-order valence-electron chi connectivity index (χ4n) is 2.52. The van der Waals surface area contributed by atoms with Gasteiger partial charge in [0.25, 0.3) is 11.4 Å². The zero-order chi connectivity index (χ0) is 18.4.